The minimum Gasteiger partial charge on any atom is -0.543 e. The van der Waals surface area contributed by atoms with Crippen LogP contribution in [0.2, 0.25) is 0 Å². The Bertz CT molecular complexity index is 577. The normalized spacial score (nSPS) is 24.2. The molecule has 1 fully saturated rings. The second-order valence-electron chi connectivity index (χ2n) is 4.07. The molecule has 2 aliphatic heterocycles. The summed E-state index contributed by atoms with van der Waals surface area (Å²) in [6.07, 6.45) is 1.35. The molecule has 1 saturated heterocycles. The number of aliphatic hydroxyl groups is 1. The van der Waals surface area contributed by atoms with Crippen molar-refractivity contribution >= 4 is 23.6 Å². The number of fused-ring (bicyclic) bond motifs is 1. The fraction of sp³-hybridized carbons (Fsp3) is 0.444. The maximum absolute atomic E-state index is 11.7. The van der Waals surface area contributed by atoms with Crippen LogP contribution < -0.4 is 34.7 Å². The van der Waals surface area contributed by atoms with E-state index in [0.717, 1.165) is 4.90 Å². The van der Waals surface area contributed by atoms with E-state index in [2.05, 4.69) is 15.5 Å². The van der Waals surface area contributed by atoms with Crippen LogP contribution in [0.5, 0.6) is 0 Å². The number of tetrazole rings is 1. The second-order valence-corrected chi connectivity index (χ2v) is 5.28. The van der Waals surface area contributed by atoms with Gasteiger partial charge in [0.2, 0.25) is 5.91 Å². The predicted octanol–water partition coefficient (Wildman–Crippen LogP) is -5.84. The molecule has 3 rings (SSSR count). The zero-order valence-corrected chi connectivity index (χ0v) is 13.3. The first-order valence-corrected chi connectivity index (χ1v) is 6.27. The second kappa shape index (κ2) is 5.82. The first-order valence-electron chi connectivity index (χ1n) is 5.39. The molecule has 3 heterocycles. The van der Waals surface area contributed by atoms with Crippen molar-refractivity contribution < 1.29 is 49.4 Å². The van der Waals surface area contributed by atoms with Crippen LogP contribution in [0, 0.1) is 5.92 Å². The van der Waals surface area contributed by atoms with Gasteiger partial charge in [0.25, 0.3) is 0 Å². The van der Waals surface area contributed by atoms with Gasteiger partial charge in [0.05, 0.1) is 30.7 Å². The van der Waals surface area contributed by atoms with Crippen molar-refractivity contribution in [3.05, 3.63) is 16.9 Å². The maximum atomic E-state index is 11.7. The van der Waals surface area contributed by atoms with Crippen LogP contribution in [0.15, 0.2) is 16.9 Å². The van der Waals surface area contributed by atoms with Gasteiger partial charge in [-0.15, -0.1) is 5.10 Å². The number of hydrogen-bond donors (Lipinski definition) is 1. The topological polar surface area (TPSA) is 124 Å². The van der Waals surface area contributed by atoms with Gasteiger partial charge < -0.3 is 15.0 Å². The number of aromatic nitrogens is 4. The maximum Gasteiger partial charge on any atom is 1.00 e. The van der Waals surface area contributed by atoms with Gasteiger partial charge >= 0.3 is 29.6 Å². The average molecular weight is 305 g/mol. The standard InChI is InChI=1S/C9H9N5O4S.Na/c15-2-4-7(16)14-6(9(17)18)5(19-8(4)14)1-13-3-10-11-12-13;/h3-4,8,15H,1-2H2,(H,17,18);/q;+1/p-1/t4-,8+;/m0./s1. The van der Waals surface area contributed by atoms with Crippen LogP contribution in [0.3, 0.4) is 0 Å². The van der Waals surface area contributed by atoms with Crippen molar-refractivity contribution in [1.82, 2.24) is 25.1 Å². The van der Waals surface area contributed by atoms with Crippen molar-refractivity contribution in [2.75, 3.05) is 6.61 Å². The Morgan fingerprint density at radius 1 is 1.55 bits per heavy atom. The van der Waals surface area contributed by atoms with Gasteiger partial charge in [0.15, 0.2) is 0 Å². The van der Waals surface area contributed by atoms with E-state index in [1.54, 1.807) is 0 Å². The smallest absolute Gasteiger partial charge is 0.543 e. The number of aliphatic carboxylic acids is 1. The van der Waals surface area contributed by atoms with Gasteiger partial charge in [-0.3, -0.25) is 9.69 Å². The van der Waals surface area contributed by atoms with Gasteiger partial charge in [0, 0.05) is 4.91 Å². The van der Waals surface area contributed by atoms with Crippen LogP contribution in [0.4, 0.5) is 0 Å². The number of carbonyl (C=O) groups excluding carboxylic acids is 2. The molecule has 0 aliphatic carbocycles. The summed E-state index contributed by atoms with van der Waals surface area (Å²) in [5.74, 6) is -2.38. The van der Waals surface area contributed by atoms with E-state index >= 15 is 0 Å². The summed E-state index contributed by atoms with van der Waals surface area (Å²) in [5, 5.41) is 30.4. The van der Waals surface area contributed by atoms with Crippen LogP contribution >= 0.6 is 11.8 Å². The predicted molar refractivity (Wildman–Crippen MR) is 58.7 cm³/mol. The molecule has 1 aromatic heterocycles. The molecule has 1 aromatic rings. The third-order valence-corrected chi connectivity index (χ3v) is 4.40. The monoisotopic (exact) mass is 305 g/mol. The van der Waals surface area contributed by atoms with Gasteiger partial charge in [-0.25, -0.2) is 4.68 Å². The summed E-state index contributed by atoms with van der Waals surface area (Å²) in [4.78, 5) is 24.5. The molecule has 0 aromatic carbocycles. The summed E-state index contributed by atoms with van der Waals surface area (Å²) < 4.78 is 1.36. The molecule has 1 amide bonds. The Labute approximate surface area is 139 Å². The molecule has 0 bridgehead atoms. The van der Waals surface area contributed by atoms with Crippen LogP contribution in [0.25, 0.3) is 0 Å². The molecule has 100 valence electrons. The van der Waals surface area contributed by atoms with E-state index in [-0.39, 0.29) is 53.8 Å². The fourth-order valence-corrected chi connectivity index (χ4v) is 3.60. The molecular formula is C9H8N5NaO4S. The molecule has 11 heteroatoms. The van der Waals surface area contributed by atoms with Crippen molar-refractivity contribution in [2.24, 2.45) is 5.92 Å². The number of carboxylic acid groups (broad SMARTS) is 1. The number of carbonyl (C=O) groups is 2. The molecule has 20 heavy (non-hydrogen) atoms. The summed E-state index contributed by atoms with van der Waals surface area (Å²) >= 11 is 1.22. The number of rotatable bonds is 4. The zero-order valence-electron chi connectivity index (χ0n) is 10.5. The number of thioether (sulfide) groups is 1. The van der Waals surface area contributed by atoms with E-state index in [1.807, 2.05) is 0 Å². The molecule has 2 aliphatic rings. The molecule has 9 nitrogen and oxygen atoms in total. The largest absolute Gasteiger partial charge is 1.00 e. The van der Waals surface area contributed by atoms with Gasteiger partial charge in [-0.2, -0.15) is 0 Å². The number of β-lactam (4-membered cyclic amide) rings is 1. The molecule has 0 unspecified atom stereocenters. The minimum atomic E-state index is -1.41. The summed E-state index contributed by atoms with van der Waals surface area (Å²) in [6.45, 7) is -0.148. The number of allylic oxidation sites excluding steroid dienone is 1. The number of aliphatic hydroxyl groups excluding tert-OH is 1. The van der Waals surface area contributed by atoms with E-state index in [0.29, 0.717) is 4.91 Å². The van der Waals surface area contributed by atoms with Gasteiger partial charge in [-0.1, -0.05) is 11.8 Å². The first kappa shape index (κ1) is 15.4. The Balaban J connectivity index is 0.00000147. The zero-order chi connectivity index (χ0) is 13.6. The molecule has 2 atom stereocenters. The van der Waals surface area contributed by atoms with Crippen molar-refractivity contribution in [2.45, 2.75) is 11.9 Å². The SMILES string of the molecule is O=C([O-])C1=C(Cn2cnnn2)S[C@@H]2[C@@H](CO)C(=O)N12.[Na+]. The van der Waals surface area contributed by atoms with E-state index in [1.165, 1.54) is 22.8 Å². The molecule has 0 radical (unpaired) electrons. The van der Waals surface area contributed by atoms with Crippen LogP contribution in [-0.2, 0) is 16.1 Å². The first-order chi connectivity index (χ1) is 9.13. The summed E-state index contributed by atoms with van der Waals surface area (Å²) in [7, 11) is 0. The number of carboxylic acids is 1. The Morgan fingerprint density at radius 2 is 2.30 bits per heavy atom. The molecule has 0 spiro atoms. The Kier molecular flexibility index (Phi) is 4.49. The Hall–Kier alpha value is -0.940. The van der Waals surface area contributed by atoms with Crippen LogP contribution in [-0.4, -0.2) is 54.1 Å². The van der Waals surface area contributed by atoms with E-state index in [4.69, 9.17) is 5.11 Å². The van der Waals surface area contributed by atoms with Crippen molar-refractivity contribution in [3.63, 3.8) is 0 Å². The van der Waals surface area contributed by atoms with E-state index in [9.17, 15) is 14.7 Å². The minimum absolute atomic E-state index is 0. The summed E-state index contributed by atoms with van der Waals surface area (Å²) in [6, 6.07) is 0. The van der Waals surface area contributed by atoms with Gasteiger partial charge in [0.1, 0.15) is 11.7 Å². The molecule has 1 N–H and O–H groups in total. The third-order valence-electron chi connectivity index (χ3n) is 3.01. The molecular weight excluding hydrogens is 297 g/mol. The van der Waals surface area contributed by atoms with Crippen LogP contribution in [0.1, 0.15) is 0 Å². The van der Waals surface area contributed by atoms with E-state index < -0.39 is 17.8 Å². The fourth-order valence-electron chi connectivity index (χ4n) is 2.12. The average Bonchev–Trinajstić information content (AvgIpc) is 2.96. The summed E-state index contributed by atoms with van der Waals surface area (Å²) in [5.41, 5.74) is -0.153. The van der Waals surface area contributed by atoms with Gasteiger partial charge in [-0.05, 0) is 10.4 Å². The number of nitrogens with zero attached hydrogens (tertiary/aromatic N) is 5. The van der Waals surface area contributed by atoms with Crippen molar-refractivity contribution in [3.8, 4) is 0 Å². The number of hydrogen-bond acceptors (Lipinski definition) is 8. The number of amides is 1. The Morgan fingerprint density at radius 3 is 2.85 bits per heavy atom. The molecule has 0 saturated carbocycles. The van der Waals surface area contributed by atoms with Crippen molar-refractivity contribution in [1.29, 1.82) is 0 Å². The quantitative estimate of drug-likeness (QED) is 0.431. The third kappa shape index (κ3) is 2.27.